The zero-order valence-electron chi connectivity index (χ0n) is 18.0. The maximum absolute atomic E-state index is 10.5. The second kappa shape index (κ2) is 22.4. The Hall–Kier alpha value is -0.920. The van der Waals surface area contributed by atoms with Crippen molar-refractivity contribution in [1.82, 2.24) is 0 Å². The minimum atomic E-state index is -4.48. The smallest absolute Gasteiger partial charge is 0.330 e. The van der Waals surface area contributed by atoms with Crippen LogP contribution < -0.4 is 0 Å². The summed E-state index contributed by atoms with van der Waals surface area (Å²) in [5, 5.41) is 0. The van der Waals surface area contributed by atoms with E-state index in [4.69, 9.17) is 4.74 Å². The van der Waals surface area contributed by atoms with Crippen molar-refractivity contribution in [3.63, 3.8) is 0 Å². The summed E-state index contributed by atoms with van der Waals surface area (Å²) in [5.41, 5.74) is 0. The van der Waals surface area contributed by atoms with Gasteiger partial charge in [0.05, 0.1) is 13.2 Å². The molecule has 0 saturated carbocycles. The third kappa shape index (κ3) is 29.8. The minimum absolute atomic E-state index is 0.0301. The van der Waals surface area contributed by atoms with Gasteiger partial charge in [0.25, 0.3) is 0 Å². The van der Waals surface area contributed by atoms with Crippen LogP contribution in [-0.2, 0) is 24.1 Å². The molecule has 0 fully saturated rings. The summed E-state index contributed by atoms with van der Waals surface area (Å²) in [6.45, 7) is 8.22. The van der Waals surface area contributed by atoms with Gasteiger partial charge in [-0.25, -0.2) is 13.2 Å². The fourth-order valence-corrected chi connectivity index (χ4v) is 2.83. The van der Waals surface area contributed by atoms with E-state index < -0.39 is 10.4 Å². The summed E-state index contributed by atoms with van der Waals surface area (Å²) in [5.74, 6) is -0.318. The first-order valence-corrected chi connectivity index (χ1v) is 12.1. The molecule has 28 heavy (non-hydrogen) atoms. The molecule has 6 nitrogen and oxygen atoms in total. The predicted octanol–water partition coefficient (Wildman–Crippen LogP) is 5.68. The third-order valence-electron chi connectivity index (χ3n) is 4.13. The molecule has 0 aromatic rings. The van der Waals surface area contributed by atoms with Crippen molar-refractivity contribution in [3.8, 4) is 0 Å². The van der Waals surface area contributed by atoms with Crippen LogP contribution in [0.1, 0.15) is 104 Å². The summed E-state index contributed by atoms with van der Waals surface area (Å²) < 4.78 is 39.2. The van der Waals surface area contributed by atoms with Gasteiger partial charge in [-0.3, -0.25) is 4.18 Å². The van der Waals surface area contributed by atoms with Crippen molar-refractivity contribution in [2.24, 2.45) is 0 Å². The molecule has 0 unspecified atom stereocenters. The lowest BCUT2D eigenvalue weighted by Gasteiger charge is -2.06. The molecule has 0 spiro atoms. The summed E-state index contributed by atoms with van der Waals surface area (Å²) in [6.07, 6.45) is 17.4. The van der Waals surface area contributed by atoms with Crippen molar-refractivity contribution in [1.29, 1.82) is 0 Å². The van der Waals surface area contributed by atoms with Crippen LogP contribution in [0.2, 0.25) is 0 Å². The normalized spacial score (nSPS) is 10.8. The van der Waals surface area contributed by atoms with Crippen LogP contribution in [-0.4, -0.2) is 32.2 Å². The molecule has 0 radical (unpaired) electrons. The van der Waals surface area contributed by atoms with E-state index in [2.05, 4.69) is 24.6 Å². The lowest BCUT2D eigenvalue weighted by atomic mass is 10.1. The molecule has 0 amide bonds. The molecule has 0 atom stereocenters. The van der Waals surface area contributed by atoms with E-state index in [0.717, 1.165) is 25.7 Å². The summed E-state index contributed by atoms with van der Waals surface area (Å²) in [4.78, 5) is 10.5. The van der Waals surface area contributed by atoms with Gasteiger partial charge >= 0.3 is 5.97 Å². The van der Waals surface area contributed by atoms with E-state index >= 15 is 0 Å². The van der Waals surface area contributed by atoms with Crippen molar-refractivity contribution in [2.45, 2.75) is 104 Å². The molecule has 0 rings (SSSR count). The maximum Gasteiger partial charge on any atom is 0.330 e. The first kappa shape index (κ1) is 29.3. The Morgan fingerprint density at radius 2 is 1.18 bits per heavy atom. The van der Waals surface area contributed by atoms with E-state index in [1.807, 2.05) is 0 Å². The van der Waals surface area contributed by atoms with Gasteiger partial charge < -0.3 is 9.29 Å². The molecule has 0 saturated heterocycles. The van der Waals surface area contributed by atoms with Crippen LogP contribution in [0.4, 0.5) is 0 Å². The number of hydrogen-bond acceptors (Lipinski definition) is 6. The fourth-order valence-electron chi connectivity index (χ4n) is 2.51. The predicted molar refractivity (Wildman–Crippen MR) is 113 cm³/mol. The highest BCUT2D eigenvalue weighted by Crippen LogP contribution is 2.10. The van der Waals surface area contributed by atoms with Crippen LogP contribution in [0.15, 0.2) is 12.7 Å². The molecule has 7 heteroatoms. The molecular weight excluding hydrogens is 380 g/mol. The average Bonchev–Trinajstić information content (AvgIpc) is 2.65. The maximum atomic E-state index is 10.5. The average molecular weight is 422 g/mol. The molecular formula is C21H41O6S-. The van der Waals surface area contributed by atoms with Gasteiger partial charge in [0.15, 0.2) is 0 Å². The van der Waals surface area contributed by atoms with E-state index in [1.54, 1.807) is 0 Å². The third-order valence-corrected chi connectivity index (χ3v) is 4.59. The number of carbonyl (C=O) groups excluding carboxylic acids is 1. The van der Waals surface area contributed by atoms with E-state index in [1.165, 1.54) is 63.9 Å². The Labute approximate surface area is 173 Å². The van der Waals surface area contributed by atoms with Gasteiger partial charge in [-0.15, -0.1) is 0 Å². The molecule has 0 bridgehead atoms. The quantitative estimate of drug-likeness (QED) is 0.0929. The highest BCUT2D eigenvalue weighted by molar-refractivity contribution is 7.80. The van der Waals surface area contributed by atoms with Gasteiger partial charge in [0.1, 0.15) is 0 Å². The van der Waals surface area contributed by atoms with Crippen molar-refractivity contribution >= 4 is 16.4 Å². The number of ether oxygens (including phenoxy) is 1. The monoisotopic (exact) mass is 421 g/mol. The SMILES string of the molecule is C=CC(=O)OCCCCCC.CCCCCCCCCCCCOS(=O)(=O)[O-]. The lowest BCUT2D eigenvalue weighted by Crippen LogP contribution is -2.05. The Balaban J connectivity index is 0. The highest BCUT2D eigenvalue weighted by Gasteiger charge is 1.96. The standard InChI is InChI=1S/C12H26O4S.C9H16O2/c1-2-3-4-5-6-7-8-9-10-11-12-16-17(13,14)15;1-3-5-6-7-8-11-9(10)4-2/h2-12H2,1H3,(H,13,14,15);4H,2-3,5-8H2,1H3/p-1. The van der Waals surface area contributed by atoms with E-state index in [0.29, 0.717) is 13.0 Å². The number of carbonyl (C=O) groups is 1. The van der Waals surface area contributed by atoms with Crippen LogP contribution in [0.5, 0.6) is 0 Å². The van der Waals surface area contributed by atoms with Crippen molar-refractivity contribution in [3.05, 3.63) is 12.7 Å². The van der Waals surface area contributed by atoms with Gasteiger partial charge in [-0.05, 0) is 12.8 Å². The summed E-state index contributed by atoms with van der Waals surface area (Å²) >= 11 is 0. The molecule has 0 heterocycles. The van der Waals surface area contributed by atoms with Crippen molar-refractivity contribution < 1.29 is 26.7 Å². The van der Waals surface area contributed by atoms with E-state index in [9.17, 15) is 17.8 Å². The molecule has 0 aliphatic carbocycles. The topological polar surface area (TPSA) is 92.7 Å². The molecule has 0 aliphatic heterocycles. The second-order valence-electron chi connectivity index (χ2n) is 6.84. The second-order valence-corrected chi connectivity index (χ2v) is 7.90. The number of rotatable bonds is 18. The summed E-state index contributed by atoms with van der Waals surface area (Å²) in [7, 11) is -4.48. The van der Waals surface area contributed by atoms with Gasteiger partial charge in [0.2, 0.25) is 10.4 Å². The Bertz CT molecular complexity index is 448. The lowest BCUT2D eigenvalue weighted by molar-refractivity contribution is -0.137. The van der Waals surface area contributed by atoms with Gasteiger partial charge in [-0.2, -0.15) is 0 Å². The largest absolute Gasteiger partial charge is 0.726 e. The zero-order chi connectivity index (χ0) is 21.5. The van der Waals surface area contributed by atoms with Crippen molar-refractivity contribution in [2.75, 3.05) is 13.2 Å². The first-order chi connectivity index (χ1) is 13.4. The molecule has 0 aromatic heterocycles. The molecule has 0 aromatic carbocycles. The Morgan fingerprint density at radius 1 is 0.786 bits per heavy atom. The van der Waals surface area contributed by atoms with Crippen LogP contribution >= 0.6 is 0 Å². The van der Waals surface area contributed by atoms with Gasteiger partial charge in [0, 0.05) is 6.08 Å². The number of hydrogen-bond donors (Lipinski definition) is 0. The molecule has 168 valence electrons. The molecule has 0 N–H and O–H groups in total. The minimum Gasteiger partial charge on any atom is -0.726 e. The van der Waals surface area contributed by atoms with Crippen LogP contribution in [0.25, 0.3) is 0 Å². The van der Waals surface area contributed by atoms with Gasteiger partial charge in [-0.1, -0.05) is 97.5 Å². The van der Waals surface area contributed by atoms with Crippen LogP contribution in [0, 0.1) is 0 Å². The van der Waals surface area contributed by atoms with E-state index in [-0.39, 0.29) is 12.6 Å². The molecule has 0 aliphatic rings. The van der Waals surface area contributed by atoms with Crippen LogP contribution in [0.3, 0.4) is 0 Å². The first-order valence-electron chi connectivity index (χ1n) is 10.8. The number of esters is 1. The fraction of sp³-hybridized carbons (Fsp3) is 0.857. The Morgan fingerprint density at radius 3 is 1.61 bits per heavy atom. The zero-order valence-corrected chi connectivity index (χ0v) is 18.8. The highest BCUT2D eigenvalue weighted by atomic mass is 32.3. The number of unbranched alkanes of at least 4 members (excludes halogenated alkanes) is 12. The Kier molecular flexibility index (Phi) is 23.4. The summed E-state index contributed by atoms with van der Waals surface area (Å²) in [6, 6.07) is 0.